The van der Waals surface area contributed by atoms with Crippen LogP contribution >= 0.6 is 11.6 Å². The Morgan fingerprint density at radius 2 is 1.43 bits per heavy atom. The van der Waals surface area contributed by atoms with Gasteiger partial charge < -0.3 is 0 Å². The highest BCUT2D eigenvalue weighted by molar-refractivity contribution is 6.30. The van der Waals surface area contributed by atoms with Gasteiger partial charge in [-0.2, -0.15) is 0 Å². The lowest BCUT2D eigenvalue weighted by molar-refractivity contribution is 1.44. The highest BCUT2D eigenvalue weighted by atomic mass is 35.5. The maximum Gasteiger partial charge on any atom is 0.0412 e. The predicted molar refractivity (Wildman–Crippen MR) is 99.7 cm³/mol. The maximum atomic E-state index is 6.13. The number of terminal acetylenes is 1. The minimum Gasteiger partial charge on any atom is -0.115 e. The van der Waals surface area contributed by atoms with Crippen molar-refractivity contribution in [3.63, 3.8) is 0 Å². The van der Waals surface area contributed by atoms with Crippen molar-refractivity contribution in [3.05, 3.63) is 82.4 Å². The zero-order valence-electron chi connectivity index (χ0n) is 13.2. The summed E-state index contributed by atoms with van der Waals surface area (Å²) in [5.74, 6) is 2.77. The normalized spacial score (nSPS) is 10.3. The second-order valence-electron chi connectivity index (χ2n) is 5.73. The lowest BCUT2D eigenvalue weighted by Crippen LogP contribution is -1.87. The summed E-state index contributed by atoms with van der Waals surface area (Å²) in [5.41, 5.74) is 7.87. The highest BCUT2D eigenvalue weighted by Crippen LogP contribution is 2.30. The molecular formula is C22H17Cl. The Bertz CT molecular complexity index is 896. The maximum absolute atomic E-state index is 6.13. The zero-order chi connectivity index (χ0) is 16.4. The van der Waals surface area contributed by atoms with Crippen LogP contribution < -0.4 is 0 Å². The van der Waals surface area contributed by atoms with Gasteiger partial charge in [-0.05, 0) is 59.9 Å². The van der Waals surface area contributed by atoms with Crippen LogP contribution in [-0.2, 0) is 0 Å². The minimum atomic E-state index is 0.753. The van der Waals surface area contributed by atoms with Crippen molar-refractivity contribution in [2.24, 2.45) is 0 Å². The summed E-state index contributed by atoms with van der Waals surface area (Å²) in [6.07, 6.45) is 5.63. The summed E-state index contributed by atoms with van der Waals surface area (Å²) in [4.78, 5) is 0. The molecule has 0 atom stereocenters. The molecule has 23 heavy (non-hydrogen) atoms. The van der Waals surface area contributed by atoms with E-state index >= 15 is 0 Å². The average molecular weight is 317 g/mol. The number of aryl methyl sites for hydroxylation is 2. The summed E-state index contributed by atoms with van der Waals surface area (Å²) in [5, 5.41) is 0.753. The van der Waals surface area contributed by atoms with Gasteiger partial charge in [0.2, 0.25) is 0 Å². The van der Waals surface area contributed by atoms with Crippen LogP contribution in [0, 0.1) is 26.2 Å². The topological polar surface area (TPSA) is 0 Å². The van der Waals surface area contributed by atoms with Crippen LogP contribution in [-0.4, -0.2) is 0 Å². The fraction of sp³-hybridized carbons (Fsp3) is 0.0909. The van der Waals surface area contributed by atoms with E-state index in [1.54, 1.807) is 0 Å². The van der Waals surface area contributed by atoms with Crippen molar-refractivity contribution in [1.82, 2.24) is 0 Å². The van der Waals surface area contributed by atoms with Crippen LogP contribution in [0.25, 0.3) is 22.3 Å². The van der Waals surface area contributed by atoms with E-state index < -0.39 is 0 Å². The fourth-order valence-corrected chi connectivity index (χ4v) is 2.93. The molecule has 3 aromatic rings. The molecule has 0 aliphatic carbocycles. The first-order chi connectivity index (χ1) is 11.1. The van der Waals surface area contributed by atoms with Gasteiger partial charge in [-0.25, -0.2) is 0 Å². The van der Waals surface area contributed by atoms with Crippen molar-refractivity contribution in [1.29, 1.82) is 0 Å². The Kier molecular flexibility index (Phi) is 4.24. The molecule has 0 aliphatic heterocycles. The van der Waals surface area contributed by atoms with E-state index in [4.69, 9.17) is 18.0 Å². The Morgan fingerprint density at radius 1 is 0.783 bits per heavy atom. The first-order valence-corrected chi connectivity index (χ1v) is 7.90. The Hall–Kier alpha value is -2.49. The summed E-state index contributed by atoms with van der Waals surface area (Å²) in [7, 11) is 0. The highest BCUT2D eigenvalue weighted by Gasteiger charge is 2.06. The summed E-state index contributed by atoms with van der Waals surface area (Å²) in [6, 6.07) is 20.6. The first-order valence-electron chi connectivity index (χ1n) is 7.53. The molecule has 3 aromatic carbocycles. The predicted octanol–water partition coefficient (Wildman–Crippen LogP) is 6.27. The van der Waals surface area contributed by atoms with E-state index in [1.807, 2.05) is 30.3 Å². The lowest BCUT2D eigenvalue weighted by Gasteiger charge is -2.10. The number of hydrogen-bond donors (Lipinski definition) is 0. The summed E-state index contributed by atoms with van der Waals surface area (Å²) < 4.78 is 0. The largest absolute Gasteiger partial charge is 0.115 e. The molecule has 0 N–H and O–H groups in total. The minimum absolute atomic E-state index is 0.753. The standard InChI is InChI=1S/C22H17Cl/c1-4-17-7-5-15(2)13-22(17)19-10-8-18(9-11-19)21-14-20(23)12-6-16(21)3/h1,5-14H,2-3H3. The molecule has 0 saturated heterocycles. The Labute approximate surface area is 142 Å². The SMILES string of the molecule is C#Cc1ccc(C)cc1-c1ccc(-c2cc(Cl)ccc2C)cc1. The van der Waals surface area contributed by atoms with Crippen molar-refractivity contribution < 1.29 is 0 Å². The third-order valence-electron chi connectivity index (χ3n) is 4.04. The quantitative estimate of drug-likeness (QED) is 0.489. The van der Waals surface area contributed by atoms with E-state index in [9.17, 15) is 0 Å². The number of halogens is 1. The molecule has 0 spiro atoms. The van der Waals surface area contributed by atoms with Gasteiger partial charge in [0, 0.05) is 10.6 Å². The van der Waals surface area contributed by atoms with Gasteiger partial charge in [-0.3, -0.25) is 0 Å². The second-order valence-corrected chi connectivity index (χ2v) is 6.17. The lowest BCUT2D eigenvalue weighted by atomic mass is 9.94. The molecule has 0 amide bonds. The van der Waals surface area contributed by atoms with Crippen molar-refractivity contribution in [2.75, 3.05) is 0 Å². The van der Waals surface area contributed by atoms with Crippen LogP contribution in [0.3, 0.4) is 0 Å². The van der Waals surface area contributed by atoms with Crippen LogP contribution in [0.2, 0.25) is 5.02 Å². The van der Waals surface area contributed by atoms with Gasteiger partial charge in [-0.15, -0.1) is 6.42 Å². The van der Waals surface area contributed by atoms with Crippen molar-refractivity contribution >= 4 is 11.6 Å². The van der Waals surface area contributed by atoms with E-state index in [0.717, 1.165) is 32.8 Å². The second kappa shape index (κ2) is 6.32. The molecule has 112 valence electrons. The third kappa shape index (κ3) is 3.16. The Morgan fingerprint density at radius 3 is 2.09 bits per heavy atom. The number of hydrogen-bond acceptors (Lipinski definition) is 0. The molecule has 0 aliphatic rings. The smallest absolute Gasteiger partial charge is 0.0412 e. The molecule has 1 heteroatoms. The van der Waals surface area contributed by atoms with Crippen molar-refractivity contribution in [3.8, 4) is 34.6 Å². The molecule has 0 heterocycles. The summed E-state index contributed by atoms with van der Waals surface area (Å²) in [6.45, 7) is 4.17. The molecule has 0 saturated carbocycles. The van der Waals surface area contributed by atoms with Crippen LogP contribution in [0.15, 0.2) is 60.7 Å². The fourth-order valence-electron chi connectivity index (χ4n) is 2.76. The molecule has 0 nitrogen and oxygen atoms in total. The van der Waals surface area contributed by atoms with Crippen molar-refractivity contribution in [2.45, 2.75) is 13.8 Å². The van der Waals surface area contributed by atoms with E-state index in [1.165, 1.54) is 11.1 Å². The van der Waals surface area contributed by atoms with Gasteiger partial charge >= 0.3 is 0 Å². The average Bonchev–Trinajstić information content (AvgIpc) is 2.57. The van der Waals surface area contributed by atoms with Gasteiger partial charge in [0.05, 0.1) is 0 Å². The van der Waals surface area contributed by atoms with E-state index in [0.29, 0.717) is 0 Å². The molecule has 0 unspecified atom stereocenters. The molecule has 0 bridgehead atoms. The van der Waals surface area contributed by atoms with Gasteiger partial charge in [-0.1, -0.05) is 65.5 Å². The number of benzene rings is 3. The molecule has 3 rings (SSSR count). The third-order valence-corrected chi connectivity index (χ3v) is 4.27. The van der Waals surface area contributed by atoms with Crippen LogP contribution in [0.5, 0.6) is 0 Å². The van der Waals surface area contributed by atoms with Crippen LogP contribution in [0.1, 0.15) is 16.7 Å². The number of rotatable bonds is 2. The zero-order valence-corrected chi connectivity index (χ0v) is 14.0. The molecule has 0 fully saturated rings. The first kappa shape index (κ1) is 15.4. The van der Waals surface area contributed by atoms with Gasteiger partial charge in [0.25, 0.3) is 0 Å². The molecular weight excluding hydrogens is 300 g/mol. The van der Waals surface area contributed by atoms with Crippen LogP contribution in [0.4, 0.5) is 0 Å². The monoisotopic (exact) mass is 316 g/mol. The van der Waals surface area contributed by atoms with Gasteiger partial charge in [0.1, 0.15) is 0 Å². The van der Waals surface area contributed by atoms with E-state index in [2.05, 4.69) is 50.1 Å². The summed E-state index contributed by atoms with van der Waals surface area (Å²) >= 11 is 6.13. The van der Waals surface area contributed by atoms with E-state index in [-0.39, 0.29) is 0 Å². The molecule has 0 aromatic heterocycles. The van der Waals surface area contributed by atoms with Gasteiger partial charge in [0.15, 0.2) is 0 Å². The molecule has 0 radical (unpaired) electrons. The Balaban J connectivity index is 2.05.